The maximum absolute atomic E-state index is 12.8. The number of carbonyl (C=O) groups excluding carboxylic acids is 1. The molecule has 2 rings (SSSR count). The molecule has 0 heterocycles. The molecule has 2 aromatic carbocycles. The fraction of sp³-hybridized carbons (Fsp3) is 0.364. The Morgan fingerprint density at radius 1 is 1.10 bits per heavy atom. The summed E-state index contributed by atoms with van der Waals surface area (Å²) in [7, 11) is 0. The number of halogens is 3. The van der Waals surface area contributed by atoms with Gasteiger partial charge < -0.3 is 10.2 Å². The molecule has 0 fully saturated rings. The van der Waals surface area contributed by atoms with Crippen LogP contribution in [-0.2, 0) is 23.8 Å². The fourth-order valence-electron chi connectivity index (χ4n) is 3.02. The van der Waals surface area contributed by atoms with Crippen molar-refractivity contribution >= 4 is 11.9 Å². The molecule has 0 saturated carbocycles. The molecule has 0 bridgehead atoms. The molecule has 1 atom stereocenters. The minimum Gasteiger partial charge on any atom is -0.478 e. The van der Waals surface area contributed by atoms with Crippen LogP contribution in [0.1, 0.15) is 40.4 Å². The van der Waals surface area contributed by atoms with Gasteiger partial charge in [0.05, 0.1) is 17.2 Å². The number of aliphatic hydroxyl groups is 1. The molecule has 6 nitrogen and oxygen atoms in total. The molecule has 1 amide bonds. The van der Waals surface area contributed by atoms with Crippen molar-refractivity contribution in [1.82, 2.24) is 10.4 Å². The number of hydrazine groups is 1. The van der Waals surface area contributed by atoms with E-state index in [9.17, 15) is 27.9 Å². The van der Waals surface area contributed by atoms with Gasteiger partial charge in [-0.05, 0) is 48.6 Å². The highest BCUT2D eigenvalue weighted by Crippen LogP contribution is 2.29. The number of hydrogen-bond donors (Lipinski definition) is 3. The molecule has 168 valence electrons. The summed E-state index contributed by atoms with van der Waals surface area (Å²) in [5.41, 5.74) is 3.65. The first-order chi connectivity index (χ1) is 14.6. The summed E-state index contributed by atoms with van der Waals surface area (Å²) >= 11 is 0. The fourth-order valence-corrected chi connectivity index (χ4v) is 3.02. The third-order valence-corrected chi connectivity index (χ3v) is 4.71. The first kappa shape index (κ1) is 24.4. The van der Waals surface area contributed by atoms with E-state index in [0.29, 0.717) is 18.5 Å². The zero-order valence-corrected chi connectivity index (χ0v) is 17.0. The summed E-state index contributed by atoms with van der Waals surface area (Å²) in [6.45, 7) is 1.97. The second-order valence-electron chi connectivity index (χ2n) is 7.18. The highest BCUT2D eigenvalue weighted by Gasteiger charge is 2.30. The minimum atomic E-state index is -4.44. The van der Waals surface area contributed by atoms with Gasteiger partial charge in [-0.15, -0.1) is 0 Å². The van der Waals surface area contributed by atoms with Crippen molar-refractivity contribution < 1.29 is 33.0 Å². The number of aliphatic hydroxyl groups excluding tert-OH is 1. The molecule has 3 N–H and O–H groups in total. The van der Waals surface area contributed by atoms with Crippen LogP contribution in [0, 0.1) is 0 Å². The van der Waals surface area contributed by atoms with Gasteiger partial charge in [0, 0.05) is 20.0 Å². The van der Waals surface area contributed by atoms with Crippen molar-refractivity contribution in [2.24, 2.45) is 0 Å². The van der Waals surface area contributed by atoms with Crippen LogP contribution >= 0.6 is 0 Å². The van der Waals surface area contributed by atoms with Crippen molar-refractivity contribution in [1.29, 1.82) is 0 Å². The average molecular weight is 438 g/mol. The first-order valence-corrected chi connectivity index (χ1v) is 9.74. The second-order valence-corrected chi connectivity index (χ2v) is 7.18. The van der Waals surface area contributed by atoms with Crippen molar-refractivity contribution in [3.63, 3.8) is 0 Å². The van der Waals surface area contributed by atoms with Crippen LogP contribution < -0.4 is 5.43 Å². The molecule has 0 spiro atoms. The molecule has 0 saturated heterocycles. The zero-order valence-electron chi connectivity index (χ0n) is 17.0. The summed E-state index contributed by atoms with van der Waals surface area (Å²) in [6, 6.07) is 11.2. The molecule has 9 heteroatoms. The summed E-state index contributed by atoms with van der Waals surface area (Å²) in [6.07, 6.45) is -4.56. The molecular weight excluding hydrogens is 413 g/mol. The number of nitrogens with one attached hydrogen (secondary N) is 1. The zero-order chi connectivity index (χ0) is 23.0. The Morgan fingerprint density at radius 3 is 2.35 bits per heavy atom. The lowest BCUT2D eigenvalue weighted by Gasteiger charge is -2.23. The normalized spacial score (nSPS) is 12.4. The van der Waals surface area contributed by atoms with E-state index in [0.717, 1.165) is 17.7 Å². The number of hydrogen-bond acceptors (Lipinski definition) is 4. The van der Waals surface area contributed by atoms with E-state index in [4.69, 9.17) is 5.11 Å². The molecule has 2 aromatic rings. The number of nitrogens with zero attached hydrogens (tertiary/aromatic N) is 1. The van der Waals surface area contributed by atoms with Crippen LogP contribution in [0.5, 0.6) is 0 Å². The monoisotopic (exact) mass is 438 g/mol. The lowest BCUT2D eigenvalue weighted by Crippen LogP contribution is -2.44. The maximum Gasteiger partial charge on any atom is 0.416 e. The van der Waals surface area contributed by atoms with Gasteiger partial charge in [0.2, 0.25) is 5.91 Å². The molecule has 0 aromatic heterocycles. The highest BCUT2D eigenvalue weighted by molar-refractivity contribution is 5.87. The van der Waals surface area contributed by atoms with Crippen molar-refractivity contribution in [3.05, 3.63) is 70.8 Å². The molecular formula is C22H25F3N2O4. The molecule has 0 radical (unpaired) electrons. The third kappa shape index (κ3) is 8.03. The van der Waals surface area contributed by atoms with E-state index < -0.39 is 23.8 Å². The molecule has 31 heavy (non-hydrogen) atoms. The molecule has 1 unspecified atom stereocenters. The Hall–Kier alpha value is -2.91. The van der Waals surface area contributed by atoms with E-state index >= 15 is 0 Å². The lowest BCUT2D eigenvalue weighted by molar-refractivity contribution is -0.137. The molecule has 0 aliphatic heterocycles. The lowest BCUT2D eigenvalue weighted by atomic mass is 10.0. The Kier molecular flexibility index (Phi) is 8.58. The van der Waals surface area contributed by atoms with Crippen LogP contribution in [0.15, 0.2) is 48.5 Å². The number of carboxylic acid groups (broad SMARTS) is 1. The quantitative estimate of drug-likeness (QED) is 0.496. The highest BCUT2D eigenvalue weighted by atomic mass is 19.4. The van der Waals surface area contributed by atoms with E-state index in [1.54, 1.807) is 12.1 Å². The number of rotatable bonds is 10. The summed E-state index contributed by atoms with van der Waals surface area (Å²) in [5.74, 6) is -1.26. The van der Waals surface area contributed by atoms with Crippen molar-refractivity contribution in [2.75, 3.05) is 13.1 Å². The minimum absolute atomic E-state index is 0.0472. The van der Waals surface area contributed by atoms with E-state index in [-0.39, 0.29) is 30.9 Å². The topological polar surface area (TPSA) is 89.9 Å². The standard InChI is InChI=1S/C22H25F3N2O4/c1-15(28)27(26-11-9-16-5-7-18(8-6-16)21(30)31)12-10-20(29)14-17-3-2-4-19(13-17)22(23,24)25/h2-8,13,20,26,29H,9-12,14H2,1H3,(H,30,31). The molecule has 0 aliphatic rings. The summed E-state index contributed by atoms with van der Waals surface area (Å²) in [5, 5.41) is 20.5. The van der Waals surface area contributed by atoms with Crippen LogP contribution in [0.2, 0.25) is 0 Å². The van der Waals surface area contributed by atoms with Crippen LogP contribution in [0.25, 0.3) is 0 Å². The third-order valence-electron chi connectivity index (χ3n) is 4.71. The van der Waals surface area contributed by atoms with Crippen LogP contribution in [0.4, 0.5) is 13.2 Å². The Balaban J connectivity index is 1.82. The largest absolute Gasteiger partial charge is 0.478 e. The van der Waals surface area contributed by atoms with Gasteiger partial charge in [0.1, 0.15) is 0 Å². The smallest absolute Gasteiger partial charge is 0.416 e. The predicted molar refractivity (Wildman–Crippen MR) is 108 cm³/mol. The number of alkyl halides is 3. The van der Waals surface area contributed by atoms with Crippen LogP contribution in [0.3, 0.4) is 0 Å². The van der Waals surface area contributed by atoms with Gasteiger partial charge in [-0.3, -0.25) is 9.80 Å². The molecule has 0 aliphatic carbocycles. The van der Waals surface area contributed by atoms with Gasteiger partial charge in [0.25, 0.3) is 0 Å². The average Bonchev–Trinajstić information content (AvgIpc) is 2.70. The number of aromatic carboxylic acids is 1. The van der Waals surface area contributed by atoms with E-state index in [1.807, 2.05) is 0 Å². The SMILES string of the molecule is CC(=O)N(CCC(O)Cc1cccc(C(F)(F)F)c1)NCCc1ccc(C(=O)O)cc1. The second kappa shape index (κ2) is 10.9. The predicted octanol–water partition coefficient (Wildman–Crippen LogP) is 3.29. The maximum atomic E-state index is 12.8. The van der Waals surface area contributed by atoms with Gasteiger partial charge in [-0.2, -0.15) is 13.2 Å². The van der Waals surface area contributed by atoms with Gasteiger partial charge in [0.15, 0.2) is 0 Å². The number of carbonyl (C=O) groups is 2. The summed E-state index contributed by atoms with van der Waals surface area (Å²) < 4.78 is 38.4. The van der Waals surface area contributed by atoms with E-state index in [1.165, 1.54) is 36.2 Å². The number of benzene rings is 2. The van der Waals surface area contributed by atoms with Gasteiger partial charge >= 0.3 is 12.1 Å². The summed E-state index contributed by atoms with van der Waals surface area (Å²) in [4.78, 5) is 22.7. The number of carboxylic acids is 1. The Morgan fingerprint density at radius 2 is 1.77 bits per heavy atom. The van der Waals surface area contributed by atoms with Crippen molar-refractivity contribution in [2.45, 2.75) is 38.5 Å². The first-order valence-electron chi connectivity index (χ1n) is 9.74. The van der Waals surface area contributed by atoms with Crippen LogP contribution in [-0.4, -0.2) is 46.3 Å². The van der Waals surface area contributed by atoms with E-state index in [2.05, 4.69) is 5.43 Å². The number of amides is 1. The Bertz CT molecular complexity index is 885. The van der Waals surface area contributed by atoms with Crippen molar-refractivity contribution in [3.8, 4) is 0 Å². The van der Waals surface area contributed by atoms with Gasteiger partial charge in [-0.25, -0.2) is 10.2 Å². The van der Waals surface area contributed by atoms with Gasteiger partial charge in [-0.1, -0.05) is 30.3 Å². The Labute approximate surface area is 178 Å².